The first-order valence-electron chi connectivity index (χ1n) is 7.67. The van der Waals surface area contributed by atoms with Crippen LogP contribution in [0.15, 0.2) is 12.2 Å². The molecule has 0 heterocycles. The van der Waals surface area contributed by atoms with E-state index < -0.39 is 5.97 Å². The zero-order valence-electron chi connectivity index (χ0n) is 12.0. The lowest BCUT2D eigenvalue weighted by molar-refractivity contribution is -0.131. The molecule has 0 atom stereocenters. The zero-order chi connectivity index (χ0) is 13.5. The van der Waals surface area contributed by atoms with Crippen LogP contribution in [0.3, 0.4) is 0 Å². The van der Waals surface area contributed by atoms with Crippen LogP contribution in [-0.2, 0) is 4.79 Å². The van der Waals surface area contributed by atoms with Crippen molar-refractivity contribution in [1.29, 1.82) is 0 Å². The van der Waals surface area contributed by atoms with E-state index in [4.69, 9.17) is 5.11 Å². The molecule has 0 aromatic carbocycles. The molecule has 0 rings (SSSR count). The number of carboxylic acid groups (broad SMARTS) is 1. The molecule has 0 aromatic rings. The van der Waals surface area contributed by atoms with Crippen molar-refractivity contribution in [2.75, 3.05) is 0 Å². The van der Waals surface area contributed by atoms with Crippen molar-refractivity contribution in [2.45, 2.75) is 84.0 Å². The molecule has 0 aromatic heterocycles. The predicted octanol–water partition coefficient (Wildman–Crippen LogP) is 5.33. The quantitative estimate of drug-likeness (QED) is 0.356. The average molecular weight is 254 g/mol. The van der Waals surface area contributed by atoms with Gasteiger partial charge in [0.25, 0.3) is 0 Å². The van der Waals surface area contributed by atoms with Crippen LogP contribution in [0.4, 0.5) is 0 Å². The molecule has 0 unspecified atom stereocenters. The summed E-state index contributed by atoms with van der Waals surface area (Å²) in [5.41, 5.74) is 0. The smallest absolute Gasteiger partial charge is 0.327 e. The maximum Gasteiger partial charge on any atom is 0.327 e. The van der Waals surface area contributed by atoms with Gasteiger partial charge in [-0.2, -0.15) is 0 Å². The van der Waals surface area contributed by atoms with Gasteiger partial charge in [-0.3, -0.25) is 0 Å². The Balaban J connectivity index is 3.01. The number of hydrogen-bond acceptors (Lipinski definition) is 1. The molecule has 0 saturated heterocycles. The minimum absolute atomic E-state index is 0.835. The molecule has 0 fully saturated rings. The molecule has 0 aliphatic carbocycles. The molecule has 2 nitrogen and oxygen atoms in total. The van der Waals surface area contributed by atoms with E-state index in [0.717, 1.165) is 12.8 Å². The molecule has 0 saturated carbocycles. The van der Waals surface area contributed by atoms with Gasteiger partial charge in [0.1, 0.15) is 0 Å². The highest BCUT2D eigenvalue weighted by atomic mass is 16.4. The summed E-state index contributed by atoms with van der Waals surface area (Å²) in [6.45, 7) is 2.26. The van der Waals surface area contributed by atoms with Crippen molar-refractivity contribution >= 4 is 5.97 Å². The van der Waals surface area contributed by atoms with E-state index in [1.165, 1.54) is 70.3 Å². The van der Waals surface area contributed by atoms with Crippen LogP contribution in [0.1, 0.15) is 84.0 Å². The van der Waals surface area contributed by atoms with E-state index in [0.29, 0.717) is 0 Å². The molecule has 0 spiro atoms. The van der Waals surface area contributed by atoms with Gasteiger partial charge < -0.3 is 5.11 Å². The molecule has 106 valence electrons. The number of unbranched alkanes of at least 4 members (excludes halogenated alkanes) is 11. The minimum atomic E-state index is -0.835. The highest BCUT2D eigenvalue weighted by molar-refractivity contribution is 5.79. The molecule has 0 aliphatic rings. The highest BCUT2D eigenvalue weighted by Gasteiger charge is 1.92. The van der Waals surface area contributed by atoms with Gasteiger partial charge in [-0.15, -0.1) is 0 Å². The van der Waals surface area contributed by atoms with Crippen molar-refractivity contribution in [3.63, 3.8) is 0 Å². The molecule has 0 amide bonds. The number of rotatable bonds is 13. The van der Waals surface area contributed by atoms with Crippen LogP contribution in [-0.4, -0.2) is 11.1 Å². The van der Waals surface area contributed by atoms with E-state index in [9.17, 15) is 4.79 Å². The van der Waals surface area contributed by atoms with Crippen molar-refractivity contribution in [3.8, 4) is 0 Å². The Morgan fingerprint density at radius 2 is 1.28 bits per heavy atom. The first-order valence-corrected chi connectivity index (χ1v) is 7.67. The van der Waals surface area contributed by atoms with Crippen molar-refractivity contribution in [2.24, 2.45) is 0 Å². The third-order valence-electron chi connectivity index (χ3n) is 3.23. The Hall–Kier alpha value is -0.790. The molecule has 0 radical (unpaired) electrons. The summed E-state index contributed by atoms with van der Waals surface area (Å²) in [6.07, 6.45) is 18.6. The second kappa shape index (κ2) is 14.3. The number of aliphatic carboxylic acids is 1. The fraction of sp³-hybridized carbons (Fsp3) is 0.812. The van der Waals surface area contributed by atoms with Gasteiger partial charge in [-0.25, -0.2) is 4.79 Å². The fourth-order valence-electron chi connectivity index (χ4n) is 2.11. The maximum atomic E-state index is 10.2. The minimum Gasteiger partial charge on any atom is -0.478 e. The lowest BCUT2D eigenvalue weighted by atomic mass is 10.1. The predicted molar refractivity (Wildman–Crippen MR) is 77.9 cm³/mol. The summed E-state index contributed by atoms with van der Waals surface area (Å²) in [5, 5.41) is 8.40. The third kappa shape index (κ3) is 15.2. The Morgan fingerprint density at radius 1 is 0.833 bits per heavy atom. The monoisotopic (exact) mass is 254 g/mol. The summed E-state index contributed by atoms with van der Waals surface area (Å²) in [4.78, 5) is 10.2. The standard InChI is InChI=1S/C16H30O2/c1-2-3-4-5-6-7-8-9-10-11-12-13-14-15-16(17)18/h14-15H,2-13H2,1H3,(H,17,18). The number of carboxylic acids is 1. The summed E-state index contributed by atoms with van der Waals surface area (Å²) < 4.78 is 0. The molecule has 0 aliphatic heterocycles. The van der Waals surface area contributed by atoms with Crippen LogP contribution >= 0.6 is 0 Å². The Kier molecular flexibility index (Phi) is 13.6. The number of hydrogen-bond donors (Lipinski definition) is 1. The molecular formula is C16H30O2. The molecule has 2 heteroatoms. The van der Waals surface area contributed by atoms with E-state index >= 15 is 0 Å². The van der Waals surface area contributed by atoms with Crippen LogP contribution in [0.25, 0.3) is 0 Å². The Morgan fingerprint density at radius 3 is 1.72 bits per heavy atom. The molecular weight excluding hydrogens is 224 g/mol. The zero-order valence-corrected chi connectivity index (χ0v) is 12.0. The van der Waals surface area contributed by atoms with Gasteiger partial charge in [0.05, 0.1) is 0 Å². The van der Waals surface area contributed by atoms with Gasteiger partial charge in [0.15, 0.2) is 0 Å². The summed E-state index contributed by atoms with van der Waals surface area (Å²) >= 11 is 0. The van der Waals surface area contributed by atoms with Crippen LogP contribution < -0.4 is 0 Å². The first kappa shape index (κ1) is 17.2. The Labute approximate surface area is 112 Å². The fourth-order valence-corrected chi connectivity index (χ4v) is 2.11. The van der Waals surface area contributed by atoms with Gasteiger partial charge in [-0.05, 0) is 12.8 Å². The van der Waals surface area contributed by atoms with E-state index in [1.807, 2.05) is 0 Å². The molecule has 0 bridgehead atoms. The van der Waals surface area contributed by atoms with Gasteiger partial charge in [0, 0.05) is 6.08 Å². The van der Waals surface area contributed by atoms with Crippen molar-refractivity contribution in [3.05, 3.63) is 12.2 Å². The largest absolute Gasteiger partial charge is 0.478 e. The number of carbonyl (C=O) groups is 1. The van der Waals surface area contributed by atoms with Crippen LogP contribution in [0.5, 0.6) is 0 Å². The van der Waals surface area contributed by atoms with Gasteiger partial charge >= 0.3 is 5.97 Å². The second-order valence-electron chi connectivity index (χ2n) is 5.06. The molecule has 18 heavy (non-hydrogen) atoms. The highest BCUT2D eigenvalue weighted by Crippen LogP contribution is 2.11. The second-order valence-corrected chi connectivity index (χ2v) is 5.06. The first-order chi connectivity index (χ1) is 8.77. The van der Waals surface area contributed by atoms with Gasteiger partial charge in [0.2, 0.25) is 0 Å². The lowest BCUT2D eigenvalue weighted by Gasteiger charge is -2.01. The third-order valence-corrected chi connectivity index (χ3v) is 3.23. The normalized spacial score (nSPS) is 11.2. The van der Waals surface area contributed by atoms with Crippen molar-refractivity contribution in [1.82, 2.24) is 0 Å². The van der Waals surface area contributed by atoms with Crippen LogP contribution in [0.2, 0.25) is 0 Å². The molecule has 1 N–H and O–H groups in total. The van der Waals surface area contributed by atoms with E-state index in [-0.39, 0.29) is 0 Å². The Bertz CT molecular complexity index is 209. The van der Waals surface area contributed by atoms with Crippen LogP contribution in [0, 0.1) is 0 Å². The van der Waals surface area contributed by atoms with E-state index in [1.54, 1.807) is 6.08 Å². The summed E-state index contributed by atoms with van der Waals surface area (Å²) in [5.74, 6) is -0.835. The topological polar surface area (TPSA) is 37.3 Å². The number of allylic oxidation sites excluding steroid dienone is 1. The summed E-state index contributed by atoms with van der Waals surface area (Å²) in [7, 11) is 0. The van der Waals surface area contributed by atoms with Gasteiger partial charge in [-0.1, -0.05) is 77.2 Å². The lowest BCUT2D eigenvalue weighted by Crippen LogP contribution is -1.85. The maximum absolute atomic E-state index is 10.2. The van der Waals surface area contributed by atoms with Crippen molar-refractivity contribution < 1.29 is 9.90 Å². The average Bonchev–Trinajstić information content (AvgIpc) is 2.34. The summed E-state index contributed by atoms with van der Waals surface area (Å²) in [6, 6.07) is 0. The van der Waals surface area contributed by atoms with E-state index in [2.05, 4.69) is 6.92 Å². The SMILES string of the molecule is CCCCCCCCCCCCCC=CC(=O)O.